The number of hydrazone groups is 1. The van der Waals surface area contributed by atoms with Gasteiger partial charge in [0.1, 0.15) is 4.91 Å². The van der Waals surface area contributed by atoms with E-state index in [1.165, 1.54) is 23.5 Å². The van der Waals surface area contributed by atoms with Gasteiger partial charge in [0.2, 0.25) is 9.37 Å². The number of nitrogens with zero attached hydrogens (tertiary/aromatic N) is 3. The Bertz CT molecular complexity index is 859. The van der Waals surface area contributed by atoms with Gasteiger partial charge in [0.05, 0.1) is 18.9 Å². The quantitative estimate of drug-likeness (QED) is 0.580. The highest BCUT2D eigenvalue weighted by atomic mass is 79.9. The molecule has 1 spiro atoms. The lowest BCUT2D eigenvalue weighted by molar-refractivity contribution is -0.137. The van der Waals surface area contributed by atoms with Gasteiger partial charge in [-0.3, -0.25) is 0 Å². The van der Waals surface area contributed by atoms with Crippen molar-refractivity contribution in [3.63, 3.8) is 0 Å². The van der Waals surface area contributed by atoms with Crippen LogP contribution in [0.4, 0.5) is 5.69 Å². The second kappa shape index (κ2) is 8.38. The molecule has 2 heterocycles. The van der Waals surface area contributed by atoms with E-state index >= 15 is 0 Å². The number of carbonyl (C=O) groups is 2. The normalized spacial score (nSPS) is 21.4. The van der Waals surface area contributed by atoms with E-state index < -0.39 is 10.3 Å². The van der Waals surface area contributed by atoms with Crippen LogP contribution in [0.15, 0.2) is 44.4 Å². The van der Waals surface area contributed by atoms with Crippen molar-refractivity contribution in [1.29, 1.82) is 0 Å². The SMILES string of the molecule is CCOC(=O)C1=NN(c2ccc(Br)cc2)C2(S1)SC(C(=O)OCC)=C(C)N2C. The number of halogens is 1. The Morgan fingerprint density at radius 1 is 1.11 bits per heavy atom. The molecule has 0 saturated heterocycles. The Morgan fingerprint density at radius 2 is 1.71 bits per heavy atom. The van der Waals surface area contributed by atoms with Gasteiger partial charge in [-0.2, -0.15) is 5.10 Å². The average Bonchev–Trinajstić information content (AvgIpc) is 3.17. The van der Waals surface area contributed by atoms with Gasteiger partial charge in [0.25, 0.3) is 0 Å². The average molecular weight is 486 g/mol. The van der Waals surface area contributed by atoms with Gasteiger partial charge in [0, 0.05) is 17.2 Å². The second-order valence-corrected chi connectivity index (χ2v) is 9.38. The molecule has 0 aliphatic carbocycles. The molecule has 7 nitrogen and oxygen atoms in total. The van der Waals surface area contributed by atoms with Crippen molar-refractivity contribution in [1.82, 2.24) is 4.90 Å². The Labute approximate surface area is 180 Å². The Morgan fingerprint density at radius 3 is 2.32 bits per heavy atom. The van der Waals surface area contributed by atoms with E-state index in [2.05, 4.69) is 21.0 Å². The van der Waals surface area contributed by atoms with E-state index in [0.29, 0.717) is 11.5 Å². The van der Waals surface area contributed by atoms with Crippen LogP contribution in [0.1, 0.15) is 20.8 Å². The zero-order valence-electron chi connectivity index (χ0n) is 15.9. The summed E-state index contributed by atoms with van der Waals surface area (Å²) in [6.07, 6.45) is 0. The molecule has 0 amide bonds. The van der Waals surface area contributed by atoms with Gasteiger partial charge >= 0.3 is 11.9 Å². The largest absolute Gasteiger partial charge is 0.462 e. The molecule has 0 fully saturated rings. The monoisotopic (exact) mass is 485 g/mol. The zero-order valence-corrected chi connectivity index (χ0v) is 19.1. The topological polar surface area (TPSA) is 71.4 Å². The molecule has 0 saturated carbocycles. The minimum Gasteiger partial charge on any atom is -0.462 e. The Kier molecular flexibility index (Phi) is 6.31. The smallest absolute Gasteiger partial charge is 0.365 e. The summed E-state index contributed by atoms with van der Waals surface area (Å²) in [4.78, 5) is 27.3. The Hall–Kier alpha value is -1.65. The predicted octanol–water partition coefficient (Wildman–Crippen LogP) is 3.96. The number of allylic oxidation sites excluding steroid dienone is 1. The summed E-state index contributed by atoms with van der Waals surface area (Å²) in [5.74, 6) is -0.864. The van der Waals surface area contributed by atoms with Crippen LogP contribution in [0.5, 0.6) is 0 Å². The van der Waals surface area contributed by atoms with Crippen molar-refractivity contribution in [2.45, 2.75) is 25.1 Å². The summed E-state index contributed by atoms with van der Waals surface area (Å²) < 4.78 is 10.4. The van der Waals surface area contributed by atoms with Crippen LogP contribution >= 0.6 is 39.5 Å². The lowest BCUT2D eigenvalue weighted by Crippen LogP contribution is -2.47. The fourth-order valence-corrected chi connectivity index (χ4v) is 5.86. The molecular weight excluding hydrogens is 466 g/mol. The number of rotatable bonds is 5. The molecular formula is C18H20BrN3O4S2. The summed E-state index contributed by atoms with van der Waals surface area (Å²) in [5, 5.41) is 6.53. The lowest BCUT2D eigenvalue weighted by atomic mass is 10.3. The first-order valence-corrected chi connectivity index (χ1v) is 11.1. The van der Waals surface area contributed by atoms with E-state index in [1.807, 2.05) is 43.1 Å². The van der Waals surface area contributed by atoms with Crippen molar-refractivity contribution in [3.8, 4) is 0 Å². The Balaban J connectivity index is 2.02. The summed E-state index contributed by atoms with van der Waals surface area (Å²) in [5.41, 5.74) is 1.55. The molecule has 2 aliphatic rings. The van der Waals surface area contributed by atoms with Crippen LogP contribution in [0, 0.1) is 0 Å². The van der Waals surface area contributed by atoms with Crippen LogP contribution in [0.2, 0.25) is 0 Å². The predicted molar refractivity (Wildman–Crippen MR) is 116 cm³/mol. The van der Waals surface area contributed by atoms with Crippen LogP contribution in [-0.2, 0) is 19.1 Å². The van der Waals surface area contributed by atoms with E-state index in [4.69, 9.17) is 9.47 Å². The third-order valence-corrected chi connectivity index (χ3v) is 7.72. The first-order chi connectivity index (χ1) is 13.3. The second-order valence-electron chi connectivity index (χ2n) is 5.86. The number of ether oxygens (including phenoxy) is 2. The standard InChI is InChI=1S/C18H20BrN3O4S2/c1-5-25-16(23)14-11(3)21(4)18(27-14)22(13-9-7-12(19)8-10-13)20-15(28-18)17(24)26-6-2/h7-10H,5-6H2,1-4H3. The van der Waals surface area contributed by atoms with Crippen LogP contribution in [0.25, 0.3) is 0 Å². The first kappa shape index (κ1) is 21.1. The molecule has 28 heavy (non-hydrogen) atoms. The van der Waals surface area contributed by atoms with E-state index in [1.54, 1.807) is 18.9 Å². The maximum Gasteiger partial charge on any atom is 0.365 e. The highest BCUT2D eigenvalue weighted by molar-refractivity contribution is 9.10. The van der Waals surface area contributed by atoms with E-state index in [0.717, 1.165) is 15.9 Å². The molecule has 1 unspecified atom stereocenters. The summed E-state index contributed by atoms with van der Waals surface area (Å²) >= 11 is 6.01. The number of thioether (sulfide) groups is 2. The van der Waals surface area contributed by atoms with Gasteiger partial charge in [-0.1, -0.05) is 27.7 Å². The van der Waals surface area contributed by atoms with Crippen LogP contribution in [-0.4, -0.2) is 46.5 Å². The molecule has 0 bridgehead atoms. The van der Waals surface area contributed by atoms with Crippen molar-refractivity contribution in [3.05, 3.63) is 39.3 Å². The number of esters is 2. The van der Waals surface area contributed by atoms with Gasteiger partial charge in [-0.25, -0.2) is 14.6 Å². The fraction of sp³-hybridized carbons (Fsp3) is 0.389. The number of benzene rings is 1. The van der Waals surface area contributed by atoms with E-state index in [-0.39, 0.29) is 17.6 Å². The van der Waals surface area contributed by atoms with Gasteiger partial charge in [-0.15, -0.1) is 0 Å². The number of hydrogen-bond acceptors (Lipinski definition) is 9. The summed E-state index contributed by atoms with van der Waals surface area (Å²) in [7, 11) is 1.87. The van der Waals surface area contributed by atoms with Crippen molar-refractivity contribution in [2.75, 3.05) is 25.3 Å². The molecule has 1 aromatic carbocycles. The third-order valence-electron chi connectivity index (χ3n) is 4.16. The maximum atomic E-state index is 12.5. The molecule has 1 aromatic rings. The number of anilines is 1. The molecule has 0 N–H and O–H groups in total. The molecule has 0 radical (unpaired) electrons. The summed E-state index contributed by atoms with van der Waals surface area (Å²) in [6, 6.07) is 7.60. The van der Waals surface area contributed by atoms with Crippen LogP contribution < -0.4 is 5.01 Å². The molecule has 10 heteroatoms. The number of hydrogen-bond donors (Lipinski definition) is 0. The molecule has 3 rings (SSSR count). The molecule has 0 aromatic heterocycles. The zero-order chi connectivity index (χ0) is 20.5. The van der Waals surface area contributed by atoms with E-state index in [9.17, 15) is 9.59 Å². The van der Waals surface area contributed by atoms with Gasteiger partial charge in [-0.05, 0) is 56.8 Å². The van der Waals surface area contributed by atoms with Crippen LogP contribution in [0.3, 0.4) is 0 Å². The molecule has 150 valence electrons. The minimum atomic E-state index is -0.859. The first-order valence-electron chi connectivity index (χ1n) is 8.65. The minimum absolute atomic E-state index is 0.238. The summed E-state index contributed by atoms with van der Waals surface area (Å²) in [6.45, 7) is 5.93. The van der Waals surface area contributed by atoms with Gasteiger partial charge < -0.3 is 14.4 Å². The highest BCUT2D eigenvalue weighted by Crippen LogP contribution is 2.58. The fourth-order valence-electron chi connectivity index (χ4n) is 2.72. The van der Waals surface area contributed by atoms with Crippen molar-refractivity contribution < 1.29 is 19.1 Å². The molecule has 2 aliphatic heterocycles. The lowest BCUT2D eigenvalue weighted by Gasteiger charge is -2.39. The third kappa shape index (κ3) is 3.65. The maximum absolute atomic E-state index is 12.5. The van der Waals surface area contributed by atoms with Crippen molar-refractivity contribution in [2.24, 2.45) is 5.10 Å². The molecule has 1 atom stereocenters. The highest BCUT2D eigenvalue weighted by Gasteiger charge is 2.56. The number of carbonyl (C=O) groups excluding carboxylic acids is 2. The van der Waals surface area contributed by atoms with Gasteiger partial charge in [0.15, 0.2) is 0 Å². The van der Waals surface area contributed by atoms with Crippen molar-refractivity contribution >= 4 is 62.1 Å².